The van der Waals surface area contributed by atoms with Crippen LogP contribution in [0, 0.1) is 18.3 Å². The van der Waals surface area contributed by atoms with Crippen LogP contribution >= 0.6 is 22.9 Å². The van der Waals surface area contributed by atoms with E-state index >= 15 is 0 Å². The lowest BCUT2D eigenvalue weighted by molar-refractivity contribution is -0.0221. The number of aromatic nitrogens is 3. The molecule has 0 spiro atoms. The van der Waals surface area contributed by atoms with Gasteiger partial charge in [-0.2, -0.15) is 5.26 Å². The Bertz CT molecular complexity index is 1280. The summed E-state index contributed by atoms with van der Waals surface area (Å²) in [5.41, 5.74) is 2.47. The summed E-state index contributed by atoms with van der Waals surface area (Å²) in [5.74, 6) is -3.67. The van der Waals surface area contributed by atoms with Crippen LogP contribution in [-0.4, -0.2) is 45.0 Å². The normalized spacial score (nSPS) is 16.4. The summed E-state index contributed by atoms with van der Waals surface area (Å²) in [4.78, 5) is 26.1. The summed E-state index contributed by atoms with van der Waals surface area (Å²) >= 11 is 6.92. The van der Waals surface area contributed by atoms with E-state index in [0.29, 0.717) is 21.6 Å². The second-order valence-corrected chi connectivity index (χ2v) is 9.47. The van der Waals surface area contributed by atoms with Crippen molar-refractivity contribution in [1.29, 1.82) is 5.26 Å². The molecular formula is C21H19ClF2N6O2S. The van der Waals surface area contributed by atoms with Crippen molar-refractivity contribution < 1.29 is 18.7 Å². The van der Waals surface area contributed by atoms with Crippen LogP contribution < -0.4 is 10.2 Å². The fourth-order valence-corrected chi connectivity index (χ4v) is 4.89. The molecule has 1 fully saturated rings. The number of aryl methyl sites for hydroxylation is 1. The number of thiazole rings is 1. The number of nitrogens with one attached hydrogen (secondary N) is 1. The lowest BCUT2D eigenvalue weighted by atomic mass is 10.0. The third kappa shape index (κ3) is 4.67. The number of rotatable bonds is 5. The van der Waals surface area contributed by atoms with E-state index in [1.165, 1.54) is 0 Å². The van der Waals surface area contributed by atoms with Gasteiger partial charge in [-0.15, -0.1) is 0 Å². The Morgan fingerprint density at radius 1 is 1.33 bits per heavy atom. The Morgan fingerprint density at radius 2 is 2.03 bits per heavy atom. The molecule has 1 aromatic carbocycles. The molecule has 2 aromatic heterocycles. The van der Waals surface area contributed by atoms with E-state index in [0.717, 1.165) is 16.9 Å². The number of benzene rings is 1. The summed E-state index contributed by atoms with van der Waals surface area (Å²) in [6.07, 6.45) is -0.638. The topological polar surface area (TPSA) is 115 Å². The quantitative estimate of drug-likeness (QED) is 0.509. The number of hydrogen-bond donors (Lipinski definition) is 2. The molecule has 0 aliphatic carbocycles. The minimum atomic E-state index is -2.73. The van der Waals surface area contributed by atoms with Crippen molar-refractivity contribution in [3.05, 3.63) is 39.1 Å². The summed E-state index contributed by atoms with van der Waals surface area (Å²) in [6, 6.07) is 5.30. The highest BCUT2D eigenvalue weighted by molar-refractivity contribution is 7.19. The fraction of sp³-hybridized carbons (Fsp3) is 0.381. The minimum Gasteiger partial charge on any atom is -0.476 e. The van der Waals surface area contributed by atoms with Crippen molar-refractivity contribution in [2.24, 2.45) is 0 Å². The van der Waals surface area contributed by atoms with Crippen molar-refractivity contribution >= 4 is 50.8 Å². The zero-order valence-electron chi connectivity index (χ0n) is 17.7. The van der Waals surface area contributed by atoms with E-state index in [9.17, 15) is 23.9 Å². The van der Waals surface area contributed by atoms with Crippen LogP contribution in [0.2, 0.25) is 4.47 Å². The van der Waals surface area contributed by atoms with E-state index in [4.69, 9.17) is 11.6 Å². The highest BCUT2D eigenvalue weighted by Crippen LogP contribution is 2.35. The number of piperidine rings is 1. The number of nitriles is 1. The molecule has 1 saturated heterocycles. The van der Waals surface area contributed by atoms with Crippen molar-refractivity contribution in [3.63, 3.8) is 0 Å². The lowest BCUT2D eigenvalue weighted by Crippen LogP contribution is -2.40. The average Bonchev–Trinajstić information content (AvgIpc) is 3.12. The smallest absolute Gasteiger partial charge is 0.357 e. The van der Waals surface area contributed by atoms with Gasteiger partial charge in [-0.1, -0.05) is 29.0 Å². The molecule has 0 saturated carbocycles. The second-order valence-electron chi connectivity index (χ2n) is 7.89. The maximum atomic E-state index is 13.7. The van der Waals surface area contributed by atoms with Gasteiger partial charge in [-0.05, 0) is 25.5 Å². The molecule has 8 nitrogen and oxygen atoms in total. The van der Waals surface area contributed by atoms with Crippen LogP contribution in [0.25, 0.3) is 11.0 Å². The van der Waals surface area contributed by atoms with Gasteiger partial charge in [-0.3, -0.25) is 0 Å². The predicted molar refractivity (Wildman–Crippen MR) is 122 cm³/mol. The molecule has 1 atom stereocenters. The summed E-state index contributed by atoms with van der Waals surface area (Å²) in [7, 11) is 0. The van der Waals surface area contributed by atoms with Gasteiger partial charge >= 0.3 is 5.97 Å². The molecule has 172 valence electrons. The van der Waals surface area contributed by atoms with Gasteiger partial charge < -0.3 is 15.3 Å². The predicted octanol–water partition coefficient (Wildman–Crippen LogP) is 5.03. The molecule has 1 aliphatic heterocycles. The number of carbonyl (C=O) groups is 1. The molecule has 4 rings (SSSR count). The Hall–Kier alpha value is -3.10. The molecule has 0 unspecified atom stereocenters. The van der Waals surface area contributed by atoms with Gasteiger partial charge in [0.05, 0.1) is 17.1 Å². The Labute approximate surface area is 196 Å². The van der Waals surface area contributed by atoms with Crippen molar-refractivity contribution in [2.75, 3.05) is 23.3 Å². The average molecular weight is 493 g/mol. The maximum Gasteiger partial charge on any atom is 0.357 e. The molecule has 0 bridgehead atoms. The van der Waals surface area contributed by atoms with Crippen LogP contribution in [0.4, 0.5) is 19.6 Å². The third-order valence-corrected chi connectivity index (χ3v) is 6.53. The first-order chi connectivity index (χ1) is 15.6. The number of halogens is 3. The number of carboxylic acid groups (broad SMARTS) is 1. The maximum absolute atomic E-state index is 13.7. The molecule has 33 heavy (non-hydrogen) atoms. The number of carboxylic acids is 1. The van der Waals surface area contributed by atoms with Gasteiger partial charge in [-0.25, -0.2) is 28.5 Å². The SMILES string of the molecule is Cc1cc([C@@H](C)Nc2sc(Cl)nc2C(=O)O)c2nc(N3CCC(F)(F)CC3)c(C#N)nc2c1. The Kier molecular flexibility index (Phi) is 6.07. The molecule has 2 N–H and O–H groups in total. The third-order valence-electron chi connectivity index (χ3n) is 5.44. The van der Waals surface area contributed by atoms with Gasteiger partial charge in [0.15, 0.2) is 21.7 Å². The number of alkyl halides is 2. The van der Waals surface area contributed by atoms with Crippen LogP contribution in [0.1, 0.15) is 53.1 Å². The van der Waals surface area contributed by atoms with Crippen molar-refractivity contribution in [2.45, 2.75) is 38.7 Å². The molecule has 0 amide bonds. The van der Waals surface area contributed by atoms with E-state index in [1.54, 1.807) is 11.0 Å². The largest absolute Gasteiger partial charge is 0.476 e. The van der Waals surface area contributed by atoms with E-state index in [-0.39, 0.29) is 47.6 Å². The Balaban J connectivity index is 1.77. The summed E-state index contributed by atoms with van der Waals surface area (Å²) < 4.78 is 27.4. The monoisotopic (exact) mass is 492 g/mol. The first-order valence-corrected chi connectivity index (χ1v) is 11.3. The number of aromatic carboxylic acids is 1. The van der Waals surface area contributed by atoms with Crippen LogP contribution in [0.15, 0.2) is 12.1 Å². The number of fused-ring (bicyclic) bond motifs is 1. The molecule has 1 aliphatic rings. The summed E-state index contributed by atoms with van der Waals surface area (Å²) in [5, 5.41) is 22.4. The number of hydrogen-bond acceptors (Lipinski definition) is 8. The van der Waals surface area contributed by atoms with Crippen LogP contribution in [0.5, 0.6) is 0 Å². The highest BCUT2D eigenvalue weighted by atomic mass is 35.5. The van der Waals surface area contributed by atoms with E-state index in [1.807, 2.05) is 26.0 Å². The van der Waals surface area contributed by atoms with Gasteiger partial charge in [0.25, 0.3) is 5.92 Å². The highest BCUT2D eigenvalue weighted by Gasteiger charge is 2.35. The Morgan fingerprint density at radius 3 is 2.67 bits per heavy atom. The lowest BCUT2D eigenvalue weighted by Gasteiger charge is -2.33. The molecule has 3 aromatic rings. The van der Waals surface area contributed by atoms with Gasteiger partial charge in [0, 0.05) is 31.5 Å². The second kappa shape index (κ2) is 8.68. The van der Waals surface area contributed by atoms with Crippen LogP contribution in [-0.2, 0) is 0 Å². The number of anilines is 2. The molecule has 12 heteroatoms. The van der Waals surface area contributed by atoms with Crippen LogP contribution in [0.3, 0.4) is 0 Å². The zero-order chi connectivity index (χ0) is 23.9. The molecular weight excluding hydrogens is 474 g/mol. The fourth-order valence-electron chi connectivity index (χ4n) is 3.81. The van der Waals surface area contributed by atoms with Gasteiger partial charge in [0.2, 0.25) is 0 Å². The van der Waals surface area contributed by atoms with E-state index in [2.05, 4.69) is 20.3 Å². The molecule has 0 radical (unpaired) electrons. The first kappa shape index (κ1) is 23.1. The standard InChI is InChI=1S/C21H19ClF2N6O2S/c1-10-7-12(11(2)26-18-16(19(31)32)29-20(22)33-18)15-13(8-10)27-14(9-25)17(28-15)30-5-3-21(23,24)4-6-30/h7-8,11,26H,3-6H2,1-2H3,(H,31,32)/t11-/m1/s1. The zero-order valence-corrected chi connectivity index (χ0v) is 19.3. The minimum absolute atomic E-state index is 0.0677. The van der Waals surface area contributed by atoms with Crippen molar-refractivity contribution in [3.8, 4) is 6.07 Å². The summed E-state index contributed by atoms with van der Waals surface area (Å²) in [6.45, 7) is 3.83. The van der Waals surface area contributed by atoms with Crippen molar-refractivity contribution in [1.82, 2.24) is 15.0 Å². The first-order valence-electron chi connectivity index (χ1n) is 10.1. The van der Waals surface area contributed by atoms with Gasteiger partial charge in [0.1, 0.15) is 11.1 Å². The molecule has 3 heterocycles. The number of nitrogens with zero attached hydrogens (tertiary/aromatic N) is 5. The van der Waals surface area contributed by atoms with E-state index < -0.39 is 17.9 Å².